The summed E-state index contributed by atoms with van der Waals surface area (Å²) in [5.41, 5.74) is 1.82. The molecule has 0 aromatic heterocycles. The molecule has 0 saturated carbocycles. The fraction of sp³-hybridized carbons (Fsp3) is 0.316. The van der Waals surface area contributed by atoms with Crippen molar-refractivity contribution in [3.63, 3.8) is 0 Å². The molecule has 3 nitrogen and oxygen atoms in total. The number of benzene rings is 2. The number of hydrogen-bond donors (Lipinski definition) is 1. The van der Waals surface area contributed by atoms with Gasteiger partial charge in [-0.2, -0.15) is 0 Å². The second-order valence-electron chi connectivity index (χ2n) is 5.39. The lowest BCUT2D eigenvalue weighted by Crippen LogP contribution is -2.26. The molecule has 0 aliphatic rings. The highest BCUT2D eigenvalue weighted by molar-refractivity contribution is 7.99. The van der Waals surface area contributed by atoms with Crippen LogP contribution in [0.5, 0.6) is 5.75 Å². The Morgan fingerprint density at radius 1 is 1.21 bits per heavy atom. The lowest BCUT2D eigenvalue weighted by molar-refractivity contribution is -0.118. The summed E-state index contributed by atoms with van der Waals surface area (Å²) in [6.45, 7) is 0.635. The average Bonchev–Trinajstić information content (AvgIpc) is 2.60. The summed E-state index contributed by atoms with van der Waals surface area (Å²) < 4.78 is 18.6. The van der Waals surface area contributed by atoms with E-state index in [9.17, 15) is 9.18 Å². The number of halogens is 1. The van der Waals surface area contributed by atoms with Crippen LogP contribution >= 0.6 is 11.8 Å². The molecule has 0 spiro atoms. The molecular weight excluding hydrogens is 325 g/mol. The van der Waals surface area contributed by atoms with Crippen molar-refractivity contribution in [1.29, 1.82) is 0 Å². The molecule has 0 radical (unpaired) electrons. The summed E-state index contributed by atoms with van der Waals surface area (Å²) in [7, 11) is 1.65. The molecule has 128 valence electrons. The summed E-state index contributed by atoms with van der Waals surface area (Å²) in [5.74, 6) is 1.46. The van der Waals surface area contributed by atoms with E-state index in [1.807, 2.05) is 18.2 Å². The van der Waals surface area contributed by atoms with Crippen LogP contribution in [0.3, 0.4) is 0 Å². The van der Waals surface area contributed by atoms with Gasteiger partial charge in [0.25, 0.3) is 0 Å². The highest BCUT2D eigenvalue weighted by Gasteiger charge is 2.04. The van der Waals surface area contributed by atoms with Gasteiger partial charge >= 0.3 is 0 Å². The number of thioether (sulfide) groups is 1. The van der Waals surface area contributed by atoms with Crippen molar-refractivity contribution < 1.29 is 13.9 Å². The van der Waals surface area contributed by atoms with Crippen molar-refractivity contribution in [3.05, 3.63) is 65.5 Å². The van der Waals surface area contributed by atoms with Gasteiger partial charge in [-0.15, -0.1) is 11.8 Å². The number of nitrogens with one attached hydrogen (secondary N) is 1. The summed E-state index contributed by atoms with van der Waals surface area (Å²) >= 11 is 1.42. The van der Waals surface area contributed by atoms with Crippen molar-refractivity contribution in [2.24, 2.45) is 0 Å². The van der Waals surface area contributed by atoms with Crippen molar-refractivity contribution in [1.82, 2.24) is 5.32 Å². The molecule has 0 bridgehead atoms. The summed E-state index contributed by atoms with van der Waals surface area (Å²) in [6, 6.07) is 14.6. The highest BCUT2D eigenvalue weighted by Crippen LogP contribution is 2.15. The fourth-order valence-corrected chi connectivity index (χ4v) is 3.11. The lowest BCUT2D eigenvalue weighted by atomic mass is 10.1. The van der Waals surface area contributed by atoms with Crippen LogP contribution in [0.25, 0.3) is 0 Å². The van der Waals surface area contributed by atoms with Crippen molar-refractivity contribution in [3.8, 4) is 5.75 Å². The first kappa shape index (κ1) is 18.3. The number of aryl methyl sites for hydroxylation is 1. The van der Waals surface area contributed by atoms with E-state index in [1.165, 1.54) is 23.4 Å². The Morgan fingerprint density at radius 3 is 2.83 bits per heavy atom. The van der Waals surface area contributed by atoms with Crippen LogP contribution in [0.15, 0.2) is 48.5 Å². The topological polar surface area (TPSA) is 38.3 Å². The molecule has 0 heterocycles. The van der Waals surface area contributed by atoms with Gasteiger partial charge in [0.2, 0.25) is 5.91 Å². The molecule has 24 heavy (non-hydrogen) atoms. The molecular formula is C19H22FNO2S. The van der Waals surface area contributed by atoms with Crippen LogP contribution in [-0.2, 0) is 17.0 Å². The SMILES string of the molecule is COc1cccc(CCCNC(=O)CSCc2ccccc2F)c1. The molecule has 5 heteroatoms. The predicted molar refractivity (Wildman–Crippen MR) is 96.9 cm³/mol. The van der Waals surface area contributed by atoms with Crippen LogP contribution < -0.4 is 10.1 Å². The standard InChI is InChI=1S/C19H22FNO2S/c1-23-17-9-4-6-15(12-17)7-5-11-21-19(22)14-24-13-16-8-2-3-10-18(16)20/h2-4,6,8-10,12H,5,7,11,13-14H2,1H3,(H,21,22). The number of rotatable bonds is 9. The van der Waals surface area contributed by atoms with Gasteiger partial charge in [0.15, 0.2) is 0 Å². The molecule has 1 N–H and O–H groups in total. The Bertz CT molecular complexity index is 663. The molecule has 0 saturated heterocycles. The van der Waals surface area contributed by atoms with Gasteiger partial charge < -0.3 is 10.1 Å². The first-order valence-electron chi connectivity index (χ1n) is 7.90. The number of carbonyl (C=O) groups excluding carboxylic acids is 1. The minimum Gasteiger partial charge on any atom is -0.497 e. The predicted octanol–water partition coefficient (Wildman–Crippen LogP) is 3.82. The smallest absolute Gasteiger partial charge is 0.230 e. The first-order valence-corrected chi connectivity index (χ1v) is 9.05. The van der Waals surface area contributed by atoms with E-state index >= 15 is 0 Å². The maximum atomic E-state index is 13.5. The second kappa shape index (κ2) is 9.98. The van der Waals surface area contributed by atoms with Crippen molar-refractivity contribution in [2.75, 3.05) is 19.4 Å². The Kier molecular flexibility index (Phi) is 7.62. The zero-order chi connectivity index (χ0) is 17.2. The minimum absolute atomic E-state index is 0.0121. The average molecular weight is 347 g/mol. The number of methoxy groups -OCH3 is 1. The van der Waals surface area contributed by atoms with Gasteiger partial charge in [-0.25, -0.2) is 4.39 Å². The third kappa shape index (κ3) is 6.24. The monoisotopic (exact) mass is 347 g/mol. The van der Waals surface area contributed by atoms with Gasteiger partial charge in [0, 0.05) is 12.3 Å². The Balaban J connectivity index is 1.60. The minimum atomic E-state index is -0.219. The van der Waals surface area contributed by atoms with E-state index in [0.717, 1.165) is 18.6 Å². The molecule has 0 unspecified atom stereocenters. The van der Waals surface area contributed by atoms with Gasteiger partial charge in [-0.1, -0.05) is 30.3 Å². The summed E-state index contributed by atoms with van der Waals surface area (Å²) in [5, 5.41) is 2.90. The molecule has 0 aliphatic heterocycles. The Labute approximate surface area is 146 Å². The lowest BCUT2D eigenvalue weighted by Gasteiger charge is -2.07. The molecule has 0 fully saturated rings. The quantitative estimate of drug-likeness (QED) is 0.701. The summed E-state index contributed by atoms with van der Waals surface area (Å²) in [4.78, 5) is 11.8. The first-order chi connectivity index (χ1) is 11.7. The van der Waals surface area contributed by atoms with Crippen LogP contribution in [0.2, 0.25) is 0 Å². The van der Waals surface area contributed by atoms with Crippen LogP contribution in [0.1, 0.15) is 17.5 Å². The van der Waals surface area contributed by atoms with Gasteiger partial charge in [-0.05, 0) is 42.2 Å². The number of amides is 1. The summed E-state index contributed by atoms with van der Waals surface area (Å²) in [6.07, 6.45) is 1.76. The van der Waals surface area contributed by atoms with Crippen LogP contribution in [0, 0.1) is 5.82 Å². The normalized spacial score (nSPS) is 10.4. The highest BCUT2D eigenvalue weighted by atomic mass is 32.2. The van der Waals surface area contributed by atoms with E-state index < -0.39 is 0 Å². The fourth-order valence-electron chi connectivity index (χ4n) is 2.27. The van der Waals surface area contributed by atoms with Gasteiger partial charge in [0.1, 0.15) is 11.6 Å². The van der Waals surface area contributed by atoms with Gasteiger partial charge in [0.05, 0.1) is 12.9 Å². The van der Waals surface area contributed by atoms with E-state index in [1.54, 1.807) is 25.3 Å². The zero-order valence-corrected chi connectivity index (χ0v) is 14.6. The molecule has 1 amide bonds. The molecule has 2 aromatic carbocycles. The van der Waals surface area contributed by atoms with Gasteiger partial charge in [-0.3, -0.25) is 4.79 Å². The van der Waals surface area contributed by atoms with Crippen molar-refractivity contribution >= 4 is 17.7 Å². The Morgan fingerprint density at radius 2 is 2.04 bits per heavy atom. The third-order valence-electron chi connectivity index (χ3n) is 3.55. The van der Waals surface area contributed by atoms with E-state index in [2.05, 4.69) is 11.4 Å². The molecule has 0 aliphatic carbocycles. The van der Waals surface area contributed by atoms with E-state index in [0.29, 0.717) is 23.6 Å². The van der Waals surface area contributed by atoms with E-state index in [-0.39, 0.29) is 11.7 Å². The third-order valence-corrected chi connectivity index (χ3v) is 4.53. The molecule has 2 rings (SSSR count). The maximum Gasteiger partial charge on any atom is 0.230 e. The number of hydrogen-bond acceptors (Lipinski definition) is 3. The zero-order valence-electron chi connectivity index (χ0n) is 13.8. The second-order valence-corrected chi connectivity index (χ2v) is 6.37. The molecule has 0 atom stereocenters. The van der Waals surface area contributed by atoms with Crippen molar-refractivity contribution in [2.45, 2.75) is 18.6 Å². The number of ether oxygens (including phenoxy) is 1. The van der Waals surface area contributed by atoms with E-state index in [4.69, 9.17) is 4.74 Å². The van der Waals surface area contributed by atoms with Crippen LogP contribution in [-0.4, -0.2) is 25.3 Å². The number of carbonyl (C=O) groups is 1. The Hall–Kier alpha value is -2.01. The maximum absolute atomic E-state index is 13.5. The van der Waals surface area contributed by atoms with Crippen LogP contribution in [0.4, 0.5) is 4.39 Å². The molecule has 2 aromatic rings. The largest absolute Gasteiger partial charge is 0.497 e.